The number of allylic oxidation sites excluding steroid dienone is 1. The molecule has 178 valence electrons. The minimum Gasteiger partial charge on any atom is -0.481 e. The summed E-state index contributed by atoms with van der Waals surface area (Å²) in [7, 11) is 1.65. The number of nitrogens with two attached hydrogens (primary N) is 1. The van der Waals surface area contributed by atoms with E-state index in [0.29, 0.717) is 16.7 Å². The van der Waals surface area contributed by atoms with Crippen molar-refractivity contribution in [2.45, 2.75) is 12.8 Å². The second-order valence-corrected chi connectivity index (χ2v) is 10.6. The number of thiophene rings is 3. The number of aromatic nitrogens is 2. The van der Waals surface area contributed by atoms with Gasteiger partial charge in [-0.1, -0.05) is 0 Å². The van der Waals surface area contributed by atoms with Crippen molar-refractivity contribution in [3.05, 3.63) is 65.2 Å². The first kappa shape index (κ1) is 24.5. The van der Waals surface area contributed by atoms with Crippen LogP contribution in [0.15, 0.2) is 54.2 Å². The van der Waals surface area contributed by atoms with Crippen LogP contribution in [-0.4, -0.2) is 45.4 Å². The topological polar surface area (TPSA) is 139 Å². The average Bonchev–Trinajstić information content (AvgIpc) is 3.56. The Morgan fingerprint density at radius 3 is 2.11 bits per heavy atom. The first-order valence-electron chi connectivity index (χ1n) is 10.3. The van der Waals surface area contributed by atoms with Crippen LogP contribution < -0.4 is 5.73 Å². The first-order valence-corrected chi connectivity index (χ1v) is 12.7. The minimum atomic E-state index is -0.925. The van der Waals surface area contributed by atoms with Crippen molar-refractivity contribution in [2.24, 2.45) is 10.7 Å². The van der Waals surface area contributed by atoms with Gasteiger partial charge < -0.3 is 15.9 Å². The third-order valence-electron chi connectivity index (χ3n) is 4.93. The van der Waals surface area contributed by atoms with Crippen LogP contribution in [0.4, 0.5) is 0 Å². The highest BCUT2D eigenvalue weighted by atomic mass is 32.1. The molecule has 0 amide bonds. The Hall–Kier alpha value is -3.67. The summed E-state index contributed by atoms with van der Waals surface area (Å²) >= 11 is 4.43. The molecule has 0 saturated carbocycles. The number of carboxylic acids is 2. The molecule has 35 heavy (non-hydrogen) atoms. The number of carbonyl (C=O) groups is 2. The summed E-state index contributed by atoms with van der Waals surface area (Å²) in [4.78, 5) is 40.4. The largest absolute Gasteiger partial charge is 0.481 e. The molecule has 0 radical (unpaired) electrons. The molecule has 4 rings (SSSR count). The standard InChI is InChI=1S/C24H20N4O4S3/c1-26-9-15(8-25)19-4-13(6-21(29)30)23(34-19)17-2-3-18(33-17)24-14(7-22(31)32)5-20(35-24)16-10-27-12-28-11-16/h2-5,8-12H,6-7,25H2,1H3,(H,29,30)(H,31,32). The van der Waals surface area contributed by atoms with Crippen molar-refractivity contribution in [2.75, 3.05) is 7.05 Å². The number of hydrogen-bond acceptors (Lipinski definition) is 9. The normalized spacial score (nSPS) is 11.9. The Labute approximate surface area is 212 Å². The molecule has 0 spiro atoms. The molecule has 0 bridgehead atoms. The lowest BCUT2D eigenvalue weighted by atomic mass is 10.1. The number of carboxylic acid groups (broad SMARTS) is 2. The fourth-order valence-electron chi connectivity index (χ4n) is 3.48. The van der Waals surface area contributed by atoms with Crippen LogP contribution >= 0.6 is 34.0 Å². The molecule has 4 heterocycles. The third kappa shape index (κ3) is 5.53. The van der Waals surface area contributed by atoms with Gasteiger partial charge in [0, 0.05) is 72.3 Å². The fourth-order valence-corrected chi connectivity index (χ4v) is 7.11. The van der Waals surface area contributed by atoms with Crippen molar-refractivity contribution >= 4 is 57.7 Å². The van der Waals surface area contributed by atoms with E-state index in [0.717, 1.165) is 34.8 Å². The van der Waals surface area contributed by atoms with E-state index in [-0.39, 0.29) is 12.8 Å². The zero-order valence-corrected chi connectivity index (χ0v) is 20.9. The SMILES string of the molecule is CN=CC(=CN)c1cc(CC(=O)O)c(-c2ccc(-c3sc(-c4cncnc4)cc3CC(=O)O)s2)s1. The highest BCUT2D eigenvalue weighted by Gasteiger charge is 2.20. The number of aliphatic carboxylic acids is 2. The van der Waals surface area contributed by atoms with Gasteiger partial charge in [-0.2, -0.15) is 0 Å². The quantitative estimate of drug-likeness (QED) is 0.264. The van der Waals surface area contributed by atoms with Crippen LogP contribution in [0.25, 0.3) is 35.5 Å². The molecule has 0 saturated heterocycles. The molecule has 8 nitrogen and oxygen atoms in total. The van der Waals surface area contributed by atoms with E-state index in [1.165, 1.54) is 46.5 Å². The van der Waals surface area contributed by atoms with Gasteiger partial charge in [-0.3, -0.25) is 14.6 Å². The summed E-state index contributed by atoms with van der Waals surface area (Å²) < 4.78 is 0. The van der Waals surface area contributed by atoms with Crippen LogP contribution in [0.3, 0.4) is 0 Å². The van der Waals surface area contributed by atoms with Gasteiger partial charge in [0.1, 0.15) is 6.33 Å². The molecule has 0 aliphatic rings. The van der Waals surface area contributed by atoms with Gasteiger partial charge >= 0.3 is 11.9 Å². The summed E-state index contributed by atoms with van der Waals surface area (Å²) in [5.74, 6) is -1.84. The van der Waals surface area contributed by atoms with Gasteiger partial charge in [-0.25, -0.2) is 9.97 Å². The first-order chi connectivity index (χ1) is 16.9. The van der Waals surface area contributed by atoms with Crippen molar-refractivity contribution in [1.82, 2.24) is 9.97 Å². The van der Waals surface area contributed by atoms with Crippen LogP contribution in [-0.2, 0) is 22.4 Å². The van der Waals surface area contributed by atoms with E-state index >= 15 is 0 Å². The minimum absolute atomic E-state index is 0.110. The maximum Gasteiger partial charge on any atom is 0.307 e. The molecule has 0 unspecified atom stereocenters. The van der Waals surface area contributed by atoms with Gasteiger partial charge in [0.2, 0.25) is 0 Å². The average molecular weight is 525 g/mol. The summed E-state index contributed by atoms with van der Waals surface area (Å²) in [6.45, 7) is 0. The molecular weight excluding hydrogens is 504 g/mol. The van der Waals surface area contributed by atoms with Crippen molar-refractivity contribution < 1.29 is 19.8 Å². The lowest BCUT2D eigenvalue weighted by Gasteiger charge is -1.99. The van der Waals surface area contributed by atoms with E-state index in [1.54, 1.807) is 25.7 Å². The Morgan fingerprint density at radius 1 is 0.943 bits per heavy atom. The Morgan fingerprint density at radius 2 is 1.54 bits per heavy atom. The summed E-state index contributed by atoms with van der Waals surface area (Å²) in [5, 5.41) is 18.9. The predicted molar refractivity (Wildman–Crippen MR) is 141 cm³/mol. The van der Waals surface area contributed by atoms with E-state index in [9.17, 15) is 19.8 Å². The smallest absolute Gasteiger partial charge is 0.307 e. The van der Waals surface area contributed by atoms with Crippen molar-refractivity contribution in [3.8, 4) is 29.9 Å². The summed E-state index contributed by atoms with van der Waals surface area (Å²) in [5.41, 5.74) is 8.69. The predicted octanol–water partition coefficient (Wildman–Crippen LogP) is 4.92. The molecule has 0 atom stereocenters. The fraction of sp³-hybridized carbons (Fsp3) is 0.125. The second-order valence-electron chi connectivity index (χ2n) is 7.37. The van der Waals surface area contributed by atoms with Gasteiger partial charge in [-0.05, 0) is 35.4 Å². The highest BCUT2D eigenvalue weighted by molar-refractivity contribution is 7.27. The zero-order valence-electron chi connectivity index (χ0n) is 18.5. The molecule has 0 fully saturated rings. The number of rotatable bonds is 9. The monoisotopic (exact) mass is 524 g/mol. The number of aliphatic imine (C=N–C) groups is 1. The van der Waals surface area contributed by atoms with E-state index < -0.39 is 11.9 Å². The summed E-state index contributed by atoms with van der Waals surface area (Å²) in [6.07, 6.45) is 7.69. The van der Waals surface area contributed by atoms with E-state index in [1.807, 2.05) is 24.3 Å². The Kier molecular flexibility index (Phi) is 7.49. The highest BCUT2D eigenvalue weighted by Crippen LogP contribution is 2.45. The van der Waals surface area contributed by atoms with Gasteiger partial charge in [-0.15, -0.1) is 34.0 Å². The summed E-state index contributed by atoms with van der Waals surface area (Å²) in [6, 6.07) is 7.59. The molecule has 0 aromatic carbocycles. The van der Waals surface area contributed by atoms with E-state index in [2.05, 4.69) is 15.0 Å². The third-order valence-corrected chi connectivity index (χ3v) is 8.83. The second kappa shape index (κ2) is 10.7. The lowest BCUT2D eigenvalue weighted by molar-refractivity contribution is -0.137. The molecule has 4 aromatic rings. The zero-order chi connectivity index (χ0) is 24.9. The van der Waals surface area contributed by atoms with Crippen LogP contribution in [0, 0.1) is 0 Å². The maximum absolute atomic E-state index is 11.5. The molecule has 11 heteroatoms. The Balaban J connectivity index is 1.78. The molecule has 0 aliphatic heterocycles. The van der Waals surface area contributed by atoms with Gasteiger partial charge in [0.25, 0.3) is 0 Å². The van der Waals surface area contributed by atoms with Crippen molar-refractivity contribution in [1.29, 1.82) is 0 Å². The van der Waals surface area contributed by atoms with Crippen molar-refractivity contribution in [3.63, 3.8) is 0 Å². The lowest BCUT2D eigenvalue weighted by Crippen LogP contribution is -1.99. The molecule has 4 aromatic heterocycles. The maximum atomic E-state index is 11.5. The molecule has 0 aliphatic carbocycles. The Bertz CT molecular complexity index is 1430. The van der Waals surface area contributed by atoms with Crippen LogP contribution in [0.2, 0.25) is 0 Å². The van der Waals surface area contributed by atoms with Crippen LogP contribution in [0.1, 0.15) is 16.0 Å². The van der Waals surface area contributed by atoms with Gasteiger partial charge in [0.05, 0.1) is 12.8 Å². The molecular formula is C24H20N4O4S3. The number of hydrogen-bond donors (Lipinski definition) is 3. The number of nitrogens with zero attached hydrogens (tertiary/aromatic N) is 3. The van der Waals surface area contributed by atoms with Crippen LogP contribution in [0.5, 0.6) is 0 Å². The van der Waals surface area contributed by atoms with Gasteiger partial charge in [0.15, 0.2) is 0 Å². The molecule has 4 N–H and O–H groups in total. The van der Waals surface area contributed by atoms with E-state index in [4.69, 9.17) is 5.73 Å².